The first-order valence-corrected chi connectivity index (χ1v) is 11.3. The van der Waals surface area contributed by atoms with Crippen molar-refractivity contribution in [3.63, 3.8) is 0 Å². The summed E-state index contributed by atoms with van der Waals surface area (Å²) in [6, 6.07) is 7.50. The summed E-state index contributed by atoms with van der Waals surface area (Å²) < 4.78 is 111. The monoisotopic (exact) mass is 524 g/mol. The number of nitrogens with two attached hydrogens (primary N) is 1. The number of anilines is 1. The molecule has 2 aromatic carbocycles. The Morgan fingerprint density at radius 3 is 1.91 bits per heavy atom. The predicted octanol–water partition coefficient (Wildman–Crippen LogP) is 5.36. The highest BCUT2D eigenvalue weighted by Gasteiger charge is 2.38. The van der Waals surface area contributed by atoms with Crippen molar-refractivity contribution in [2.24, 2.45) is 5.73 Å². The number of primary amides is 1. The van der Waals surface area contributed by atoms with E-state index in [9.17, 15) is 39.6 Å². The molecule has 3 rings (SSSR count). The van der Waals surface area contributed by atoms with E-state index >= 15 is 0 Å². The summed E-state index contributed by atoms with van der Waals surface area (Å²) in [5, 5.41) is 0. The van der Waals surface area contributed by atoms with E-state index in [1.165, 1.54) is 13.2 Å². The number of hydrogen-bond donors (Lipinski definition) is 2. The van der Waals surface area contributed by atoms with Crippen molar-refractivity contribution in [1.82, 2.24) is 0 Å². The number of hydrogen-bond acceptors (Lipinski definition) is 5. The number of thiophene rings is 1. The number of carbonyl (C=O) groups is 1. The van der Waals surface area contributed by atoms with Crippen LogP contribution in [0.1, 0.15) is 20.8 Å². The predicted molar refractivity (Wildman–Crippen MR) is 112 cm³/mol. The second kappa shape index (κ2) is 8.83. The Morgan fingerprint density at radius 2 is 1.47 bits per heavy atom. The van der Waals surface area contributed by atoms with Gasteiger partial charge in [0, 0.05) is 4.88 Å². The molecule has 0 aliphatic heterocycles. The van der Waals surface area contributed by atoms with Crippen molar-refractivity contribution >= 4 is 33.0 Å². The molecule has 1 amide bonds. The minimum atomic E-state index is -5.24. The number of nitrogens with one attached hydrogen (secondary N) is 1. The van der Waals surface area contributed by atoms with Crippen molar-refractivity contribution in [3.05, 3.63) is 64.5 Å². The number of ether oxygens (including phenoxy) is 1. The fraction of sp³-hybridized carbons (Fsp3) is 0.150. The van der Waals surface area contributed by atoms with E-state index < -0.39 is 50.0 Å². The molecule has 1 aromatic heterocycles. The Bertz CT molecular complexity index is 1300. The van der Waals surface area contributed by atoms with E-state index in [1.807, 2.05) is 4.72 Å². The van der Waals surface area contributed by atoms with Crippen LogP contribution in [0.3, 0.4) is 0 Å². The van der Waals surface area contributed by atoms with Gasteiger partial charge >= 0.3 is 12.4 Å². The average Bonchev–Trinajstić information content (AvgIpc) is 3.15. The maximum atomic E-state index is 13.1. The zero-order valence-corrected chi connectivity index (χ0v) is 18.5. The zero-order chi connectivity index (χ0) is 25.5. The molecule has 14 heteroatoms. The van der Waals surface area contributed by atoms with Gasteiger partial charge in [-0.15, -0.1) is 11.3 Å². The van der Waals surface area contributed by atoms with E-state index in [-0.39, 0.29) is 23.1 Å². The molecule has 0 unspecified atom stereocenters. The average molecular weight is 524 g/mol. The summed E-state index contributed by atoms with van der Waals surface area (Å²) in [5.74, 6) is -0.538. The van der Waals surface area contributed by atoms with Gasteiger partial charge < -0.3 is 10.5 Å². The Balaban J connectivity index is 2.08. The van der Waals surface area contributed by atoms with E-state index in [1.54, 1.807) is 24.3 Å². The molecule has 0 saturated heterocycles. The Kier molecular flexibility index (Phi) is 6.59. The van der Waals surface area contributed by atoms with Crippen molar-refractivity contribution in [2.75, 3.05) is 11.8 Å². The minimum Gasteiger partial charge on any atom is -0.497 e. The van der Waals surface area contributed by atoms with Crippen LogP contribution in [-0.2, 0) is 22.4 Å². The van der Waals surface area contributed by atoms with Crippen LogP contribution in [0.2, 0.25) is 0 Å². The number of alkyl halides is 6. The van der Waals surface area contributed by atoms with Gasteiger partial charge in [-0.2, -0.15) is 26.3 Å². The molecule has 0 fully saturated rings. The van der Waals surface area contributed by atoms with E-state index in [4.69, 9.17) is 10.5 Å². The van der Waals surface area contributed by atoms with Gasteiger partial charge in [0.05, 0.1) is 28.8 Å². The number of carbonyl (C=O) groups excluding carboxylic acids is 1. The molecule has 0 bridgehead atoms. The lowest BCUT2D eigenvalue weighted by molar-refractivity contribution is -0.143. The second-order valence-electron chi connectivity index (χ2n) is 6.79. The molecular weight excluding hydrogens is 510 g/mol. The van der Waals surface area contributed by atoms with Crippen LogP contribution >= 0.6 is 11.3 Å². The summed E-state index contributed by atoms with van der Waals surface area (Å²) in [7, 11) is -3.54. The largest absolute Gasteiger partial charge is 0.497 e. The van der Waals surface area contributed by atoms with Crippen molar-refractivity contribution in [1.29, 1.82) is 0 Å². The number of halogens is 6. The maximum Gasteiger partial charge on any atom is 0.416 e. The minimum absolute atomic E-state index is 0.0677. The van der Waals surface area contributed by atoms with Crippen molar-refractivity contribution in [3.8, 4) is 16.2 Å². The van der Waals surface area contributed by atoms with E-state index in [0.717, 1.165) is 11.3 Å². The van der Waals surface area contributed by atoms with Gasteiger partial charge in [-0.1, -0.05) is 0 Å². The lowest BCUT2D eigenvalue weighted by Crippen LogP contribution is -2.19. The molecule has 0 aliphatic carbocycles. The first-order valence-electron chi connectivity index (χ1n) is 9.02. The first-order chi connectivity index (χ1) is 15.6. The summed E-state index contributed by atoms with van der Waals surface area (Å²) in [5.41, 5.74) is 1.81. The third kappa shape index (κ3) is 5.44. The molecular formula is C20H14F6N2O4S2. The Labute approximate surface area is 193 Å². The summed E-state index contributed by atoms with van der Waals surface area (Å²) in [6.07, 6.45) is -10.5. The van der Waals surface area contributed by atoms with Crippen molar-refractivity contribution < 1.29 is 44.3 Å². The number of methoxy groups -OCH3 is 1. The van der Waals surface area contributed by atoms with Gasteiger partial charge in [-0.25, -0.2) is 8.42 Å². The number of benzene rings is 2. The number of amides is 1. The summed E-state index contributed by atoms with van der Waals surface area (Å²) >= 11 is 0.783. The van der Waals surface area contributed by atoms with Crippen LogP contribution in [0.5, 0.6) is 5.75 Å². The molecule has 1 heterocycles. The van der Waals surface area contributed by atoms with Crippen LogP contribution in [0.4, 0.5) is 32.0 Å². The Hall–Kier alpha value is -3.26. The van der Waals surface area contributed by atoms with Crippen LogP contribution in [0, 0.1) is 0 Å². The summed E-state index contributed by atoms with van der Waals surface area (Å²) in [6.45, 7) is 0. The van der Waals surface area contributed by atoms with Gasteiger partial charge in [0.2, 0.25) is 0 Å². The van der Waals surface area contributed by atoms with Gasteiger partial charge in [0.1, 0.15) is 10.6 Å². The third-order valence-electron chi connectivity index (χ3n) is 4.45. The van der Waals surface area contributed by atoms with Crippen LogP contribution in [0.15, 0.2) is 53.4 Å². The highest BCUT2D eigenvalue weighted by atomic mass is 32.2. The lowest BCUT2D eigenvalue weighted by atomic mass is 10.1. The molecule has 0 spiro atoms. The van der Waals surface area contributed by atoms with Gasteiger partial charge in [-0.3, -0.25) is 9.52 Å². The fourth-order valence-corrected chi connectivity index (χ4v) is 5.00. The highest BCUT2D eigenvalue weighted by Crippen LogP contribution is 2.39. The normalized spacial score (nSPS) is 12.4. The molecule has 0 saturated carbocycles. The Morgan fingerprint density at radius 1 is 0.941 bits per heavy atom. The zero-order valence-electron chi connectivity index (χ0n) is 16.9. The summed E-state index contributed by atoms with van der Waals surface area (Å²) in [4.78, 5) is 10.6. The fourth-order valence-electron chi connectivity index (χ4n) is 2.83. The molecule has 34 heavy (non-hydrogen) atoms. The first kappa shape index (κ1) is 25.4. The van der Waals surface area contributed by atoms with Crippen LogP contribution in [-0.4, -0.2) is 21.4 Å². The molecule has 0 radical (unpaired) electrons. The molecule has 3 aromatic rings. The topological polar surface area (TPSA) is 98.5 Å². The number of sulfonamides is 1. The van der Waals surface area contributed by atoms with Gasteiger partial charge in [0.15, 0.2) is 0 Å². The molecule has 3 N–H and O–H groups in total. The van der Waals surface area contributed by atoms with Crippen LogP contribution in [0.25, 0.3) is 10.4 Å². The molecule has 6 nitrogen and oxygen atoms in total. The third-order valence-corrected chi connectivity index (χ3v) is 6.99. The molecule has 0 atom stereocenters. The molecule has 182 valence electrons. The second-order valence-corrected chi connectivity index (χ2v) is 9.53. The van der Waals surface area contributed by atoms with Crippen LogP contribution < -0.4 is 15.2 Å². The SMILES string of the molecule is COc1ccc(-c2cc(NS(=O)(=O)c3cc(C(F)(F)F)cc(C(F)(F)F)c3)c(C(N)=O)s2)cc1. The molecule has 0 aliphatic rings. The van der Waals surface area contributed by atoms with E-state index in [0.29, 0.717) is 16.2 Å². The van der Waals surface area contributed by atoms with Gasteiger partial charge in [-0.05, 0) is 54.1 Å². The quantitative estimate of drug-likeness (QED) is 0.424. The smallest absolute Gasteiger partial charge is 0.416 e. The highest BCUT2D eigenvalue weighted by molar-refractivity contribution is 7.92. The number of rotatable bonds is 6. The van der Waals surface area contributed by atoms with Crippen molar-refractivity contribution in [2.45, 2.75) is 17.2 Å². The maximum absolute atomic E-state index is 13.1. The standard InChI is InChI=1S/C20H14F6N2O4S2/c1-32-13-4-2-10(3-5-13)16-9-15(17(33-16)18(27)29)28-34(30,31)14-7-11(19(21,22)23)6-12(8-14)20(24,25)26/h2-9,28H,1H3,(H2,27,29). The van der Waals surface area contributed by atoms with Gasteiger partial charge in [0.25, 0.3) is 15.9 Å². The van der Waals surface area contributed by atoms with E-state index in [2.05, 4.69) is 0 Å². The lowest BCUT2D eigenvalue weighted by Gasteiger charge is -2.15.